The maximum atomic E-state index is 12.6. The van der Waals surface area contributed by atoms with Gasteiger partial charge >= 0.3 is 0 Å². The molecule has 2 aromatic rings. The lowest BCUT2D eigenvalue weighted by molar-refractivity contribution is -0.123. The number of rotatable bonds is 2. The molecule has 0 radical (unpaired) electrons. The Bertz CT molecular complexity index is 644. The van der Waals surface area contributed by atoms with Gasteiger partial charge in [0.1, 0.15) is 5.78 Å². The number of nitrogens with zero attached hydrogens (tertiary/aromatic N) is 2. The fraction of sp³-hybridized carbons (Fsp3) is 0.400. The molecule has 1 aliphatic rings. The summed E-state index contributed by atoms with van der Waals surface area (Å²) in [4.78, 5) is 24.5. The van der Waals surface area contributed by atoms with Gasteiger partial charge in [0.25, 0.3) is 0 Å². The van der Waals surface area contributed by atoms with Crippen molar-refractivity contribution < 1.29 is 9.59 Å². The van der Waals surface area contributed by atoms with Crippen LogP contribution in [0, 0.1) is 11.8 Å². The molecule has 2 heterocycles. The van der Waals surface area contributed by atoms with E-state index in [2.05, 4.69) is 12.0 Å². The molecule has 2 aromatic heterocycles. The Morgan fingerprint density at radius 3 is 3.11 bits per heavy atom. The van der Waals surface area contributed by atoms with Gasteiger partial charge in [-0.15, -0.1) is 0 Å². The van der Waals surface area contributed by atoms with Gasteiger partial charge in [0.2, 0.25) is 0 Å². The lowest BCUT2D eigenvalue weighted by Crippen LogP contribution is -2.30. The van der Waals surface area contributed by atoms with Crippen molar-refractivity contribution in [3.63, 3.8) is 0 Å². The van der Waals surface area contributed by atoms with Crippen LogP contribution in [-0.2, 0) is 4.79 Å². The highest BCUT2D eigenvalue weighted by molar-refractivity contribution is 6.13. The molecular formula is C15H16N2O2. The zero-order valence-corrected chi connectivity index (χ0v) is 10.9. The second kappa shape index (κ2) is 4.61. The topological polar surface area (TPSA) is 51.4 Å². The first-order chi connectivity index (χ1) is 9.16. The summed E-state index contributed by atoms with van der Waals surface area (Å²) in [5.74, 6) is -0.0263. The average Bonchev–Trinajstić information content (AvgIpc) is 2.84. The summed E-state index contributed by atoms with van der Waals surface area (Å²) in [5.41, 5.74) is 1.34. The first-order valence-corrected chi connectivity index (χ1v) is 6.66. The van der Waals surface area contributed by atoms with Gasteiger partial charge in [-0.1, -0.05) is 13.0 Å². The van der Waals surface area contributed by atoms with Gasteiger partial charge in [-0.3, -0.25) is 9.59 Å². The van der Waals surface area contributed by atoms with Gasteiger partial charge in [-0.05, 0) is 30.9 Å². The van der Waals surface area contributed by atoms with E-state index < -0.39 is 5.92 Å². The van der Waals surface area contributed by atoms with Crippen LogP contribution >= 0.6 is 0 Å². The summed E-state index contributed by atoms with van der Waals surface area (Å²) in [6, 6.07) is 5.60. The Morgan fingerprint density at radius 2 is 2.26 bits per heavy atom. The quantitative estimate of drug-likeness (QED) is 0.613. The molecule has 0 amide bonds. The molecule has 4 heteroatoms. The van der Waals surface area contributed by atoms with Gasteiger partial charge in [0.15, 0.2) is 5.78 Å². The highest BCUT2D eigenvalue weighted by Gasteiger charge is 2.33. The zero-order valence-electron chi connectivity index (χ0n) is 10.9. The minimum absolute atomic E-state index is 0.0715. The molecule has 1 aliphatic carbocycles. The third-order valence-electron chi connectivity index (χ3n) is 3.92. The minimum Gasteiger partial charge on any atom is -0.299 e. The minimum atomic E-state index is -0.475. The molecular weight excluding hydrogens is 240 g/mol. The second-order valence-corrected chi connectivity index (χ2v) is 5.35. The largest absolute Gasteiger partial charge is 0.299 e. The molecule has 0 bridgehead atoms. The lowest BCUT2D eigenvalue weighted by Gasteiger charge is -2.24. The van der Waals surface area contributed by atoms with E-state index in [4.69, 9.17) is 0 Å². The van der Waals surface area contributed by atoms with E-state index in [0.29, 0.717) is 24.3 Å². The van der Waals surface area contributed by atoms with E-state index in [1.807, 2.05) is 18.2 Å². The van der Waals surface area contributed by atoms with Gasteiger partial charge in [0.05, 0.1) is 23.2 Å². The maximum Gasteiger partial charge on any atom is 0.177 e. The number of pyridine rings is 1. The molecule has 0 aliphatic heterocycles. The zero-order chi connectivity index (χ0) is 13.4. The normalized spacial score (nSPS) is 23.7. The van der Waals surface area contributed by atoms with Gasteiger partial charge in [0, 0.05) is 12.6 Å². The molecule has 0 aromatic carbocycles. The number of fused-ring (bicyclic) bond motifs is 1. The molecule has 4 nitrogen and oxygen atoms in total. The van der Waals surface area contributed by atoms with Crippen molar-refractivity contribution in [3.05, 3.63) is 36.2 Å². The summed E-state index contributed by atoms with van der Waals surface area (Å²) in [5, 5.41) is 4.16. The SMILES string of the molecule is CC1CCC(=O)C(C(=O)c2cnn3ccccc23)C1. The Balaban J connectivity index is 1.97. The number of Topliss-reactive ketones (excluding diaryl/α,β-unsaturated/α-hetero) is 2. The Hall–Kier alpha value is -1.97. The predicted molar refractivity (Wildman–Crippen MR) is 71.0 cm³/mol. The summed E-state index contributed by atoms with van der Waals surface area (Å²) in [6.45, 7) is 2.10. The van der Waals surface area contributed by atoms with E-state index in [1.165, 1.54) is 0 Å². The molecule has 0 spiro atoms. The van der Waals surface area contributed by atoms with Crippen LogP contribution in [-0.4, -0.2) is 21.2 Å². The summed E-state index contributed by atoms with van der Waals surface area (Å²) in [6.07, 6.45) is 5.47. The Morgan fingerprint density at radius 1 is 1.42 bits per heavy atom. The molecule has 98 valence electrons. The molecule has 2 atom stereocenters. The highest BCUT2D eigenvalue weighted by Crippen LogP contribution is 2.29. The molecule has 2 unspecified atom stereocenters. The summed E-state index contributed by atoms with van der Waals surface area (Å²) < 4.78 is 1.67. The van der Waals surface area contributed by atoms with Crippen molar-refractivity contribution in [1.29, 1.82) is 0 Å². The van der Waals surface area contributed by atoms with Crippen LogP contribution in [0.2, 0.25) is 0 Å². The number of ketones is 2. The fourth-order valence-corrected chi connectivity index (χ4v) is 2.78. The first kappa shape index (κ1) is 12.1. The van der Waals surface area contributed by atoms with Gasteiger partial charge < -0.3 is 0 Å². The van der Waals surface area contributed by atoms with Crippen molar-refractivity contribution in [3.8, 4) is 0 Å². The van der Waals surface area contributed by atoms with Crippen molar-refractivity contribution in [2.75, 3.05) is 0 Å². The number of carbonyl (C=O) groups is 2. The molecule has 1 saturated carbocycles. The van der Waals surface area contributed by atoms with Crippen LogP contribution in [0.4, 0.5) is 0 Å². The van der Waals surface area contributed by atoms with Crippen molar-refractivity contribution in [1.82, 2.24) is 9.61 Å². The van der Waals surface area contributed by atoms with Crippen molar-refractivity contribution in [2.24, 2.45) is 11.8 Å². The van der Waals surface area contributed by atoms with E-state index >= 15 is 0 Å². The number of aromatic nitrogens is 2. The van der Waals surface area contributed by atoms with Crippen LogP contribution < -0.4 is 0 Å². The standard InChI is InChI=1S/C15H16N2O2/c1-10-5-6-14(18)11(8-10)15(19)12-9-16-17-7-3-2-4-13(12)17/h2-4,7,9-11H,5-6,8H2,1H3. The van der Waals surface area contributed by atoms with E-state index in [-0.39, 0.29) is 11.6 Å². The Labute approximate surface area is 111 Å². The van der Waals surface area contributed by atoms with Crippen LogP contribution in [0.25, 0.3) is 5.52 Å². The van der Waals surface area contributed by atoms with Crippen molar-refractivity contribution in [2.45, 2.75) is 26.2 Å². The van der Waals surface area contributed by atoms with Crippen LogP contribution in [0.1, 0.15) is 36.5 Å². The molecule has 19 heavy (non-hydrogen) atoms. The van der Waals surface area contributed by atoms with E-state index in [9.17, 15) is 9.59 Å². The van der Waals surface area contributed by atoms with Crippen molar-refractivity contribution >= 4 is 17.1 Å². The first-order valence-electron chi connectivity index (χ1n) is 6.66. The third-order valence-corrected chi connectivity index (χ3v) is 3.92. The predicted octanol–water partition coefficient (Wildman–Crippen LogP) is 2.52. The number of hydrogen-bond acceptors (Lipinski definition) is 3. The van der Waals surface area contributed by atoms with Gasteiger partial charge in [-0.2, -0.15) is 5.10 Å². The average molecular weight is 256 g/mol. The lowest BCUT2D eigenvalue weighted by atomic mass is 9.78. The highest BCUT2D eigenvalue weighted by atomic mass is 16.2. The molecule has 1 fully saturated rings. The van der Waals surface area contributed by atoms with Gasteiger partial charge in [-0.25, -0.2) is 4.52 Å². The Kier molecular flexibility index (Phi) is 2.93. The molecule has 0 N–H and O–H groups in total. The second-order valence-electron chi connectivity index (χ2n) is 5.35. The molecule has 0 saturated heterocycles. The van der Waals surface area contributed by atoms with E-state index in [1.54, 1.807) is 16.9 Å². The number of carbonyl (C=O) groups excluding carboxylic acids is 2. The monoisotopic (exact) mass is 256 g/mol. The fourth-order valence-electron chi connectivity index (χ4n) is 2.78. The van der Waals surface area contributed by atoms with E-state index in [0.717, 1.165) is 11.9 Å². The van der Waals surface area contributed by atoms with Crippen LogP contribution in [0.15, 0.2) is 30.6 Å². The number of hydrogen-bond donors (Lipinski definition) is 0. The summed E-state index contributed by atoms with van der Waals surface area (Å²) >= 11 is 0. The maximum absolute atomic E-state index is 12.6. The third kappa shape index (κ3) is 2.07. The molecule has 3 rings (SSSR count). The van der Waals surface area contributed by atoms with Crippen LogP contribution in [0.5, 0.6) is 0 Å². The van der Waals surface area contributed by atoms with Crippen LogP contribution in [0.3, 0.4) is 0 Å². The summed E-state index contributed by atoms with van der Waals surface area (Å²) in [7, 11) is 0. The smallest absolute Gasteiger partial charge is 0.177 e.